The third-order valence-corrected chi connectivity index (χ3v) is 2.98. The number of anilines is 1. The normalized spacial score (nSPS) is 12.1. The molecule has 19 heavy (non-hydrogen) atoms. The molecule has 0 aliphatic carbocycles. The van der Waals surface area contributed by atoms with Gasteiger partial charge in [-0.3, -0.25) is 9.48 Å². The summed E-state index contributed by atoms with van der Waals surface area (Å²) in [5.74, 6) is -0.249. The van der Waals surface area contributed by atoms with E-state index in [9.17, 15) is 4.79 Å². The maximum atomic E-state index is 12.1. The summed E-state index contributed by atoms with van der Waals surface area (Å²) in [7, 11) is 0. The SMILES string of the molecule is CCn1cc(N)c(C(=O)NC(C)c2ccccc2)n1. The Morgan fingerprint density at radius 1 is 1.42 bits per heavy atom. The van der Waals surface area contributed by atoms with E-state index in [0.29, 0.717) is 12.2 Å². The van der Waals surface area contributed by atoms with E-state index in [1.165, 1.54) is 0 Å². The summed E-state index contributed by atoms with van der Waals surface area (Å²) in [6, 6.07) is 9.69. The zero-order valence-electron chi connectivity index (χ0n) is 11.1. The monoisotopic (exact) mass is 258 g/mol. The molecule has 1 unspecified atom stereocenters. The van der Waals surface area contributed by atoms with Gasteiger partial charge in [0.05, 0.1) is 11.7 Å². The van der Waals surface area contributed by atoms with Gasteiger partial charge in [0.15, 0.2) is 5.69 Å². The molecular weight excluding hydrogens is 240 g/mol. The summed E-state index contributed by atoms with van der Waals surface area (Å²) in [6.07, 6.45) is 1.67. The lowest BCUT2D eigenvalue weighted by Gasteiger charge is -2.13. The van der Waals surface area contributed by atoms with Gasteiger partial charge in [-0.1, -0.05) is 30.3 Å². The fourth-order valence-corrected chi connectivity index (χ4v) is 1.87. The van der Waals surface area contributed by atoms with E-state index in [-0.39, 0.29) is 17.6 Å². The number of rotatable bonds is 4. The third-order valence-electron chi connectivity index (χ3n) is 2.98. The molecule has 2 aromatic rings. The van der Waals surface area contributed by atoms with Crippen molar-refractivity contribution in [2.24, 2.45) is 0 Å². The second-order valence-corrected chi connectivity index (χ2v) is 4.39. The van der Waals surface area contributed by atoms with Gasteiger partial charge in [0.1, 0.15) is 0 Å². The van der Waals surface area contributed by atoms with Crippen LogP contribution in [0.25, 0.3) is 0 Å². The molecular formula is C14H18N4O. The quantitative estimate of drug-likeness (QED) is 0.880. The average molecular weight is 258 g/mol. The lowest BCUT2D eigenvalue weighted by molar-refractivity contribution is 0.0935. The Hall–Kier alpha value is -2.30. The first-order valence-corrected chi connectivity index (χ1v) is 6.30. The molecule has 2 rings (SSSR count). The molecule has 0 saturated carbocycles. The Morgan fingerprint density at radius 3 is 2.68 bits per heavy atom. The number of nitrogens with zero attached hydrogens (tertiary/aromatic N) is 2. The van der Waals surface area contributed by atoms with Crippen molar-refractivity contribution in [2.45, 2.75) is 26.4 Å². The van der Waals surface area contributed by atoms with Crippen LogP contribution < -0.4 is 11.1 Å². The number of aromatic nitrogens is 2. The van der Waals surface area contributed by atoms with Crippen LogP contribution in [0.15, 0.2) is 36.5 Å². The number of nitrogen functional groups attached to an aromatic ring is 1. The van der Waals surface area contributed by atoms with Gasteiger partial charge in [-0.05, 0) is 19.4 Å². The van der Waals surface area contributed by atoms with Crippen LogP contribution in [0.5, 0.6) is 0 Å². The number of hydrogen-bond donors (Lipinski definition) is 2. The molecule has 0 spiro atoms. The molecule has 1 amide bonds. The van der Waals surface area contributed by atoms with Crippen molar-refractivity contribution in [3.8, 4) is 0 Å². The van der Waals surface area contributed by atoms with Crippen molar-refractivity contribution >= 4 is 11.6 Å². The third kappa shape index (κ3) is 2.93. The zero-order chi connectivity index (χ0) is 13.8. The van der Waals surface area contributed by atoms with E-state index < -0.39 is 0 Å². The first kappa shape index (κ1) is 13.1. The Bertz CT molecular complexity index is 562. The summed E-state index contributed by atoms with van der Waals surface area (Å²) in [6.45, 7) is 4.56. The highest BCUT2D eigenvalue weighted by Gasteiger charge is 2.17. The standard InChI is InChI=1S/C14H18N4O/c1-3-18-9-12(15)13(17-18)14(19)16-10(2)11-7-5-4-6-8-11/h4-10H,3,15H2,1-2H3,(H,16,19). The predicted molar refractivity (Wildman–Crippen MR) is 74.6 cm³/mol. The Morgan fingerprint density at radius 2 is 2.11 bits per heavy atom. The lowest BCUT2D eigenvalue weighted by Crippen LogP contribution is -2.27. The largest absolute Gasteiger partial charge is 0.396 e. The van der Waals surface area contributed by atoms with Crippen molar-refractivity contribution in [3.63, 3.8) is 0 Å². The molecule has 1 aromatic heterocycles. The van der Waals surface area contributed by atoms with Crippen molar-refractivity contribution in [2.75, 3.05) is 5.73 Å². The Kier molecular flexibility index (Phi) is 3.85. The highest BCUT2D eigenvalue weighted by atomic mass is 16.2. The first-order chi connectivity index (χ1) is 9.11. The van der Waals surface area contributed by atoms with Crippen LogP contribution in [-0.2, 0) is 6.54 Å². The highest BCUT2D eigenvalue weighted by Crippen LogP contribution is 2.14. The van der Waals surface area contributed by atoms with E-state index in [2.05, 4.69) is 10.4 Å². The molecule has 1 aromatic carbocycles. The van der Waals surface area contributed by atoms with Crippen molar-refractivity contribution in [1.29, 1.82) is 0 Å². The fourth-order valence-electron chi connectivity index (χ4n) is 1.87. The van der Waals surface area contributed by atoms with E-state index in [4.69, 9.17) is 5.73 Å². The van der Waals surface area contributed by atoms with E-state index >= 15 is 0 Å². The summed E-state index contributed by atoms with van der Waals surface area (Å²) < 4.78 is 1.65. The molecule has 0 aliphatic rings. The van der Waals surface area contributed by atoms with Crippen LogP contribution >= 0.6 is 0 Å². The number of aryl methyl sites for hydroxylation is 1. The predicted octanol–water partition coefficient (Wildman–Crippen LogP) is 1.98. The minimum absolute atomic E-state index is 0.0834. The molecule has 1 atom stereocenters. The fraction of sp³-hybridized carbons (Fsp3) is 0.286. The van der Waals surface area contributed by atoms with Gasteiger partial charge in [-0.2, -0.15) is 5.10 Å². The molecule has 3 N–H and O–H groups in total. The highest BCUT2D eigenvalue weighted by molar-refractivity contribution is 5.97. The number of carbonyl (C=O) groups excluding carboxylic acids is 1. The maximum absolute atomic E-state index is 12.1. The van der Waals surface area contributed by atoms with E-state index in [0.717, 1.165) is 5.56 Å². The molecule has 0 bridgehead atoms. The van der Waals surface area contributed by atoms with Gasteiger partial charge in [-0.15, -0.1) is 0 Å². The number of nitrogens with two attached hydrogens (primary N) is 1. The second kappa shape index (κ2) is 5.56. The molecule has 5 heteroatoms. The molecule has 5 nitrogen and oxygen atoms in total. The Labute approximate surface area is 112 Å². The van der Waals surface area contributed by atoms with Crippen LogP contribution in [-0.4, -0.2) is 15.7 Å². The molecule has 0 aliphatic heterocycles. The lowest BCUT2D eigenvalue weighted by atomic mass is 10.1. The number of carbonyl (C=O) groups is 1. The van der Waals surface area contributed by atoms with Crippen LogP contribution in [0.4, 0.5) is 5.69 Å². The first-order valence-electron chi connectivity index (χ1n) is 6.30. The van der Waals surface area contributed by atoms with Crippen molar-refractivity contribution in [1.82, 2.24) is 15.1 Å². The van der Waals surface area contributed by atoms with Gasteiger partial charge < -0.3 is 11.1 Å². The molecule has 1 heterocycles. The number of benzene rings is 1. The number of amides is 1. The average Bonchev–Trinajstić information content (AvgIpc) is 2.81. The van der Waals surface area contributed by atoms with Gasteiger partial charge in [-0.25, -0.2) is 0 Å². The summed E-state index contributed by atoms with van der Waals surface area (Å²) in [5, 5.41) is 7.05. The molecule has 0 saturated heterocycles. The van der Waals surface area contributed by atoms with Gasteiger partial charge >= 0.3 is 0 Å². The molecule has 0 fully saturated rings. The van der Waals surface area contributed by atoms with Gasteiger partial charge in [0.2, 0.25) is 0 Å². The second-order valence-electron chi connectivity index (χ2n) is 4.39. The van der Waals surface area contributed by atoms with Gasteiger partial charge in [0, 0.05) is 12.7 Å². The van der Waals surface area contributed by atoms with Crippen LogP contribution in [0.3, 0.4) is 0 Å². The minimum atomic E-state index is -0.249. The van der Waals surface area contributed by atoms with E-state index in [1.807, 2.05) is 44.2 Å². The zero-order valence-corrected chi connectivity index (χ0v) is 11.1. The van der Waals surface area contributed by atoms with Crippen LogP contribution in [0.2, 0.25) is 0 Å². The maximum Gasteiger partial charge on any atom is 0.274 e. The topological polar surface area (TPSA) is 72.9 Å². The van der Waals surface area contributed by atoms with E-state index in [1.54, 1.807) is 10.9 Å². The van der Waals surface area contributed by atoms with Crippen molar-refractivity contribution in [3.05, 3.63) is 47.8 Å². The number of hydrogen-bond acceptors (Lipinski definition) is 3. The minimum Gasteiger partial charge on any atom is -0.396 e. The summed E-state index contributed by atoms with van der Waals surface area (Å²) in [4.78, 5) is 12.1. The van der Waals surface area contributed by atoms with Crippen LogP contribution in [0, 0.1) is 0 Å². The van der Waals surface area contributed by atoms with Gasteiger partial charge in [0.25, 0.3) is 5.91 Å². The summed E-state index contributed by atoms with van der Waals surface area (Å²) >= 11 is 0. The summed E-state index contributed by atoms with van der Waals surface area (Å²) in [5.41, 5.74) is 7.52. The molecule has 100 valence electrons. The number of nitrogens with one attached hydrogen (secondary N) is 1. The van der Waals surface area contributed by atoms with Crippen LogP contribution in [0.1, 0.15) is 35.9 Å². The molecule has 0 radical (unpaired) electrons. The Balaban J connectivity index is 2.10. The van der Waals surface area contributed by atoms with Crippen molar-refractivity contribution < 1.29 is 4.79 Å². The smallest absolute Gasteiger partial charge is 0.274 e.